The fourth-order valence-electron chi connectivity index (χ4n) is 2.28. The van der Waals surface area contributed by atoms with Gasteiger partial charge in [0.15, 0.2) is 0 Å². The van der Waals surface area contributed by atoms with Crippen molar-refractivity contribution >= 4 is 0 Å². The first-order valence-corrected chi connectivity index (χ1v) is 6.46. The Labute approximate surface area is 120 Å². The van der Waals surface area contributed by atoms with Crippen molar-refractivity contribution in [2.75, 3.05) is 0 Å². The second-order valence-corrected chi connectivity index (χ2v) is 4.97. The molecule has 0 aliphatic rings. The molecule has 0 fully saturated rings. The van der Waals surface area contributed by atoms with E-state index in [0.717, 1.165) is 12.1 Å². The predicted molar refractivity (Wildman–Crippen MR) is 73.2 cm³/mol. The summed E-state index contributed by atoms with van der Waals surface area (Å²) in [6, 6.07) is 9.11. The zero-order valence-corrected chi connectivity index (χ0v) is 11.4. The van der Waals surface area contributed by atoms with Crippen molar-refractivity contribution in [3.8, 4) is 0 Å². The van der Waals surface area contributed by atoms with Gasteiger partial charge >= 0.3 is 6.18 Å². The molecule has 0 saturated carbocycles. The molecular weight excluding hydrogens is 282 g/mol. The smallest absolute Gasteiger partial charge is 0.324 e. The van der Waals surface area contributed by atoms with Gasteiger partial charge in [-0.1, -0.05) is 24.3 Å². The minimum absolute atomic E-state index is 0.235. The van der Waals surface area contributed by atoms with Crippen LogP contribution in [0.25, 0.3) is 0 Å². The van der Waals surface area contributed by atoms with Gasteiger partial charge in [0.25, 0.3) is 0 Å². The zero-order chi connectivity index (χ0) is 15.6. The highest BCUT2D eigenvalue weighted by Crippen LogP contribution is 2.32. The van der Waals surface area contributed by atoms with Gasteiger partial charge in [0.2, 0.25) is 0 Å². The Morgan fingerprint density at radius 1 is 1.10 bits per heavy atom. The Morgan fingerprint density at radius 3 is 2.33 bits per heavy atom. The molecule has 0 aliphatic heterocycles. The molecule has 2 rings (SSSR count). The Morgan fingerprint density at radius 2 is 1.76 bits per heavy atom. The summed E-state index contributed by atoms with van der Waals surface area (Å²) in [5, 5.41) is 0. The van der Waals surface area contributed by atoms with Crippen LogP contribution in [0.15, 0.2) is 42.5 Å². The van der Waals surface area contributed by atoms with E-state index in [4.69, 9.17) is 5.73 Å². The number of hydrogen-bond acceptors (Lipinski definition) is 1. The van der Waals surface area contributed by atoms with Crippen molar-refractivity contribution in [2.24, 2.45) is 5.73 Å². The number of aryl methyl sites for hydroxylation is 1. The largest absolute Gasteiger partial charge is 0.416 e. The molecule has 0 saturated heterocycles. The van der Waals surface area contributed by atoms with Gasteiger partial charge in [0.1, 0.15) is 5.82 Å². The second kappa shape index (κ2) is 5.85. The number of rotatable bonds is 3. The average Bonchev–Trinajstić information content (AvgIpc) is 2.40. The summed E-state index contributed by atoms with van der Waals surface area (Å²) in [6.45, 7) is 1.58. The number of halogens is 4. The van der Waals surface area contributed by atoms with E-state index in [1.807, 2.05) is 0 Å². The van der Waals surface area contributed by atoms with E-state index in [2.05, 4.69) is 0 Å². The van der Waals surface area contributed by atoms with Crippen LogP contribution in [0, 0.1) is 12.7 Å². The number of hydrogen-bond donors (Lipinski definition) is 1. The van der Waals surface area contributed by atoms with Crippen LogP contribution in [0.4, 0.5) is 17.6 Å². The van der Waals surface area contributed by atoms with Gasteiger partial charge in [-0.3, -0.25) is 0 Å². The van der Waals surface area contributed by atoms with Crippen LogP contribution in [0.1, 0.15) is 28.3 Å². The summed E-state index contributed by atoms with van der Waals surface area (Å²) in [7, 11) is 0. The molecule has 0 bridgehead atoms. The second-order valence-electron chi connectivity index (χ2n) is 4.97. The maximum absolute atomic E-state index is 13.6. The summed E-state index contributed by atoms with van der Waals surface area (Å²) in [4.78, 5) is 0. The molecule has 2 aromatic rings. The monoisotopic (exact) mass is 297 g/mol. The summed E-state index contributed by atoms with van der Waals surface area (Å²) >= 11 is 0. The molecule has 112 valence electrons. The van der Waals surface area contributed by atoms with Crippen molar-refractivity contribution in [1.29, 1.82) is 0 Å². The lowest BCUT2D eigenvalue weighted by Crippen LogP contribution is -2.16. The lowest BCUT2D eigenvalue weighted by Gasteiger charge is -2.17. The van der Waals surface area contributed by atoms with Gasteiger partial charge in [-0.25, -0.2) is 4.39 Å². The topological polar surface area (TPSA) is 26.0 Å². The first-order valence-electron chi connectivity index (χ1n) is 6.46. The fraction of sp³-hybridized carbons (Fsp3) is 0.250. The molecular formula is C16H15F4N. The third-order valence-corrected chi connectivity index (χ3v) is 3.39. The van der Waals surface area contributed by atoms with Crippen LogP contribution in [0.5, 0.6) is 0 Å². The molecule has 0 spiro atoms. The summed E-state index contributed by atoms with van der Waals surface area (Å²) in [6.07, 6.45) is -4.14. The van der Waals surface area contributed by atoms with E-state index >= 15 is 0 Å². The molecule has 2 N–H and O–H groups in total. The Kier molecular flexibility index (Phi) is 4.32. The Bertz CT molecular complexity index is 634. The number of benzene rings is 2. The summed E-state index contributed by atoms with van der Waals surface area (Å²) in [5.74, 6) is -0.363. The van der Waals surface area contributed by atoms with Crippen LogP contribution in [-0.2, 0) is 12.6 Å². The molecule has 0 aliphatic carbocycles. The average molecular weight is 297 g/mol. The lowest BCUT2D eigenvalue weighted by molar-refractivity contribution is -0.137. The molecule has 5 heteroatoms. The highest BCUT2D eigenvalue weighted by Gasteiger charge is 2.30. The summed E-state index contributed by atoms with van der Waals surface area (Å²) < 4.78 is 51.4. The van der Waals surface area contributed by atoms with Crippen LogP contribution >= 0.6 is 0 Å². The highest BCUT2D eigenvalue weighted by atomic mass is 19.4. The molecule has 2 aromatic carbocycles. The van der Waals surface area contributed by atoms with Gasteiger partial charge < -0.3 is 5.73 Å². The zero-order valence-electron chi connectivity index (χ0n) is 11.4. The van der Waals surface area contributed by atoms with Crippen molar-refractivity contribution in [3.05, 3.63) is 70.5 Å². The minimum Gasteiger partial charge on any atom is -0.324 e. The Hall–Kier alpha value is -1.88. The van der Waals surface area contributed by atoms with E-state index in [9.17, 15) is 17.6 Å². The standard InChI is InChI=1S/C16H15F4N/c1-10-8-12(16(18,19)20)6-7-13(10)15(21)9-11-4-2-3-5-14(11)17/h2-8,15H,9,21H2,1H3. The normalized spacial score (nSPS) is 13.2. The molecule has 21 heavy (non-hydrogen) atoms. The predicted octanol–water partition coefficient (Wildman–Crippen LogP) is 4.40. The van der Waals surface area contributed by atoms with E-state index < -0.39 is 17.8 Å². The van der Waals surface area contributed by atoms with Crippen molar-refractivity contribution in [1.82, 2.24) is 0 Å². The minimum atomic E-state index is -4.38. The molecule has 0 aromatic heterocycles. The molecule has 1 atom stereocenters. The quantitative estimate of drug-likeness (QED) is 0.835. The highest BCUT2D eigenvalue weighted by molar-refractivity contribution is 5.35. The Balaban J connectivity index is 2.24. The van der Waals surface area contributed by atoms with E-state index in [1.54, 1.807) is 25.1 Å². The van der Waals surface area contributed by atoms with Gasteiger partial charge in [-0.05, 0) is 48.2 Å². The molecule has 0 heterocycles. The number of nitrogens with two attached hydrogens (primary N) is 1. The number of alkyl halides is 3. The van der Waals surface area contributed by atoms with Gasteiger partial charge in [-0.2, -0.15) is 13.2 Å². The third kappa shape index (κ3) is 3.61. The third-order valence-electron chi connectivity index (χ3n) is 3.39. The lowest BCUT2D eigenvalue weighted by atomic mass is 9.94. The van der Waals surface area contributed by atoms with Crippen LogP contribution in [0.3, 0.4) is 0 Å². The first kappa shape index (κ1) is 15.5. The molecule has 0 amide bonds. The van der Waals surface area contributed by atoms with Crippen molar-refractivity contribution in [2.45, 2.75) is 25.6 Å². The molecule has 1 nitrogen and oxygen atoms in total. The van der Waals surface area contributed by atoms with Gasteiger partial charge in [0.05, 0.1) is 5.56 Å². The van der Waals surface area contributed by atoms with E-state index in [-0.39, 0.29) is 12.2 Å². The van der Waals surface area contributed by atoms with Crippen molar-refractivity contribution in [3.63, 3.8) is 0 Å². The maximum Gasteiger partial charge on any atom is 0.416 e. The SMILES string of the molecule is Cc1cc(C(F)(F)F)ccc1C(N)Cc1ccccc1F. The maximum atomic E-state index is 13.6. The van der Waals surface area contributed by atoms with E-state index in [1.165, 1.54) is 12.1 Å². The van der Waals surface area contributed by atoms with Crippen LogP contribution in [-0.4, -0.2) is 0 Å². The summed E-state index contributed by atoms with van der Waals surface area (Å²) in [5.41, 5.74) is 6.79. The van der Waals surface area contributed by atoms with Crippen LogP contribution < -0.4 is 5.73 Å². The van der Waals surface area contributed by atoms with Gasteiger partial charge in [-0.15, -0.1) is 0 Å². The van der Waals surface area contributed by atoms with Crippen LogP contribution in [0.2, 0.25) is 0 Å². The molecule has 0 radical (unpaired) electrons. The molecule has 1 unspecified atom stereocenters. The fourth-order valence-corrected chi connectivity index (χ4v) is 2.28. The van der Waals surface area contributed by atoms with E-state index in [0.29, 0.717) is 16.7 Å². The van der Waals surface area contributed by atoms with Gasteiger partial charge in [0, 0.05) is 6.04 Å². The first-order chi connectivity index (χ1) is 9.79. The van der Waals surface area contributed by atoms with Crippen molar-refractivity contribution < 1.29 is 17.6 Å².